The van der Waals surface area contributed by atoms with E-state index in [0.29, 0.717) is 16.3 Å². The van der Waals surface area contributed by atoms with Crippen molar-refractivity contribution < 1.29 is 19.0 Å². The minimum Gasteiger partial charge on any atom is -0.489 e. The van der Waals surface area contributed by atoms with Gasteiger partial charge in [-0.1, -0.05) is 29.3 Å². The van der Waals surface area contributed by atoms with Crippen LogP contribution in [0.3, 0.4) is 0 Å². The minimum absolute atomic E-state index is 0.00897. The number of carboxylic acids is 1. The SMILES string of the molecule is Cc1ccc(OCc2cc(F)c(C(=O)O)cc2Cl)cc1Cl. The van der Waals surface area contributed by atoms with Crippen LogP contribution in [0.15, 0.2) is 30.3 Å². The van der Waals surface area contributed by atoms with Gasteiger partial charge in [-0.2, -0.15) is 0 Å². The summed E-state index contributed by atoms with van der Waals surface area (Å²) in [5.41, 5.74) is 0.803. The normalized spacial score (nSPS) is 10.5. The highest BCUT2D eigenvalue weighted by Gasteiger charge is 2.14. The number of ether oxygens (including phenoxy) is 1. The third-order valence-corrected chi connectivity index (χ3v) is 3.66. The molecule has 0 amide bonds. The Labute approximate surface area is 130 Å². The van der Waals surface area contributed by atoms with E-state index in [1.165, 1.54) is 0 Å². The summed E-state index contributed by atoms with van der Waals surface area (Å²) >= 11 is 11.9. The quantitative estimate of drug-likeness (QED) is 0.883. The summed E-state index contributed by atoms with van der Waals surface area (Å²) in [4.78, 5) is 10.8. The first-order valence-electron chi connectivity index (χ1n) is 5.98. The Morgan fingerprint density at radius 2 is 1.95 bits per heavy atom. The summed E-state index contributed by atoms with van der Waals surface area (Å²) in [6.45, 7) is 1.87. The molecule has 110 valence electrons. The van der Waals surface area contributed by atoms with Crippen molar-refractivity contribution >= 4 is 29.2 Å². The minimum atomic E-state index is -1.37. The van der Waals surface area contributed by atoms with Crippen LogP contribution in [0.2, 0.25) is 10.0 Å². The molecule has 0 bridgehead atoms. The molecule has 2 aromatic rings. The van der Waals surface area contributed by atoms with Crippen LogP contribution < -0.4 is 4.74 Å². The van der Waals surface area contributed by atoms with Crippen molar-refractivity contribution in [1.82, 2.24) is 0 Å². The van der Waals surface area contributed by atoms with Crippen LogP contribution in [0, 0.1) is 12.7 Å². The molecule has 0 atom stereocenters. The van der Waals surface area contributed by atoms with E-state index in [1.807, 2.05) is 6.92 Å². The van der Waals surface area contributed by atoms with Crippen LogP contribution in [0.4, 0.5) is 4.39 Å². The topological polar surface area (TPSA) is 46.5 Å². The molecule has 0 aliphatic rings. The van der Waals surface area contributed by atoms with E-state index in [1.54, 1.807) is 18.2 Å². The largest absolute Gasteiger partial charge is 0.489 e. The zero-order valence-electron chi connectivity index (χ0n) is 11.0. The lowest BCUT2D eigenvalue weighted by Gasteiger charge is -2.10. The molecule has 0 aliphatic heterocycles. The van der Waals surface area contributed by atoms with Crippen LogP contribution in [0.25, 0.3) is 0 Å². The van der Waals surface area contributed by atoms with E-state index >= 15 is 0 Å². The Morgan fingerprint density at radius 3 is 2.57 bits per heavy atom. The molecule has 0 heterocycles. The lowest BCUT2D eigenvalue weighted by Crippen LogP contribution is -2.04. The predicted octanol–water partition coefficient (Wildman–Crippen LogP) is 4.72. The lowest BCUT2D eigenvalue weighted by atomic mass is 10.1. The fourth-order valence-electron chi connectivity index (χ4n) is 1.69. The molecule has 3 nitrogen and oxygen atoms in total. The van der Waals surface area contributed by atoms with Crippen molar-refractivity contribution in [3.63, 3.8) is 0 Å². The standard InChI is InChI=1S/C15H11Cl2FO3/c1-8-2-3-10(5-12(8)16)21-7-9-4-14(18)11(15(19)20)6-13(9)17/h2-6H,7H2,1H3,(H,19,20). The number of aryl methyl sites for hydroxylation is 1. The maximum atomic E-state index is 13.6. The first-order chi connectivity index (χ1) is 9.88. The number of hydrogen-bond donors (Lipinski definition) is 1. The van der Waals surface area contributed by atoms with Gasteiger partial charge in [0.2, 0.25) is 0 Å². The van der Waals surface area contributed by atoms with Crippen LogP contribution >= 0.6 is 23.2 Å². The van der Waals surface area contributed by atoms with Gasteiger partial charge in [-0.05, 0) is 36.8 Å². The van der Waals surface area contributed by atoms with E-state index in [0.717, 1.165) is 17.7 Å². The van der Waals surface area contributed by atoms with Gasteiger partial charge in [-0.25, -0.2) is 9.18 Å². The summed E-state index contributed by atoms with van der Waals surface area (Å²) in [5.74, 6) is -1.70. The smallest absolute Gasteiger partial charge is 0.338 e. The maximum absolute atomic E-state index is 13.6. The molecule has 6 heteroatoms. The van der Waals surface area contributed by atoms with Crippen LogP contribution in [0.5, 0.6) is 5.75 Å². The van der Waals surface area contributed by atoms with Gasteiger partial charge in [-0.15, -0.1) is 0 Å². The van der Waals surface area contributed by atoms with Gasteiger partial charge >= 0.3 is 5.97 Å². The lowest BCUT2D eigenvalue weighted by molar-refractivity contribution is 0.0692. The summed E-state index contributed by atoms with van der Waals surface area (Å²) in [7, 11) is 0. The van der Waals surface area contributed by atoms with Gasteiger partial charge < -0.3 is 9.84 Å². The second-order valence-electron chi connectivity index (χ2n) is 4.43. The average molecular weight is 329 g/mol. The van der Waals surface area contributed by atoms with Gasteiger partial charge in [-0.3, -0.25) is 0 Å². The molecule has 0 radical (unpaired) electrons. The summed E-state index contributed by atoms with van der Waals surface area (Å²) < 4.78 is 19.1. The zero-order chi connectivity index (χ0) is 15.6. The molecule has 0 unspecified atom stereocenters. The van der Waals surface area contributed by atoms with Crippen molar-refractivity contribution in [2.75, 3.05) is 0 Å². The summed E-state index contributed by atoms with van der Waals surface area (Å²) in [5, 5.41) is 9.49. The molecule has 0 saturated heterocycles. The highest BCUT2D eigenvalue weighted by molar-refractivity contribution is 6.32. The van der Waals surface area contributed by atoms with E-state index in [9.17, 15) is 9.18 Å². The van der Waals surface area contributed by atoms with Crippen LogP contribution in [-0.4, -0.2) is 11.1 Å². The second kappa shape index (κ2) is 6.33. The molecule has 0 aliphatic carbocycles. The van der Waals surface area contributed by atoms with Crippen LogP contribution in [0.1, 0.15) is 21.5 Å². The molecule has 2 aromatic carbocycles. The first-order valence-corrected chi connectivity index (χ1v) is 6.74. The molecule has 0 aromatic heterocycles. The predicted molar refractivity (Wildman–Crippen MR) is 78.9 cm³/mol. The number of rotatable bonds is 4. The Balaban J connectivity index is 2.18. The fraction of sp³-hybridized carbons (Fsp3) is 0.133. The van der Waals surface area contributed by atoms with E-state index in [4.69, 9.17) is 33.0 Å². The molecular weight excluding hydrogens is 318 g/mol. The summed E-state index contributed by atoms with van der Waals surface area (Å²) in [6.07, 6.45) is 0. The maximum Gasteiger partial charge on any atom is 0.338 e. The first kappa shape index (κ1) is 15.6. The van der Waals surface area contributed by atoms with Gasteiger partial charge in [0.25, 0.3) is 0 Å². The molecule has 0 spiro atoms. The number of carboxylic acid groups (broad SMARTS) is 1. The highest BCUT2D eigenvalue weighted by Crippen LogP contribution is 2.25. The zero-order valence-corrected chi connectivity index (χ0v) is 12.5. The van der Waals surface area contributed by atoms with Crippen molar-refractivity contribution in [2.24, 2.45) is 0 Å². The average Bonchev–Trinajstić information content (AvgIpc) is 2.42. The Bertz CT molecular complexity index is 702. The number of hydrogen-bond acceptors (Lipinski definition) is 2. The van der Waals surface area contributed by atoms with Crippen molar-refractivity contribution in [3.8, 4) is 5.75 Å². The number of aromatic carboxylic acids is 1. The molecular formula is C15H11Cl2FO3. The third kappa shape index (κ3) is 3.65. The molecule has 0 saturated carbocycles. The van der Waals surface area contributed by atoms with E-state index in [2.05, 4.69) is 0 Å². The Morgan fingerprint density at radius 1 is 1.24 bits per heavy atom. The highest BCUT2D eigenvalue weighted by atomic mass is 35.5. The van der Waals surface area contributed by atoms with E-state index in [-0.39, 0.29) is 11.6 Å². The van der Waals surface area contributed by atoms with Gasteiger partial charge in [0.1, 0.15) is 18.2 Å². The van der Waals surface area contributed by atoms with Crippen molar-refractivity contribution in [1.29, 1.82) is 0 Å². The number of benzene rings is 2. The van der Waals surface area contributed by atoms with Gasteiger partial charge in [0.15, 0.2) is 0 Å². The van der Waals surface area contributed by atoms with Gasteiger partial charge in [0.05, 0.1) is 5.56 Å². The third-order valence-electron chi connectivity index (χ3n) is 2.90. The summed E-state index contributed by atoms with van der Waals surface area (Å²) in [6, 6.07) is 7.30. The molecule has 21 heavy (non-hydrogen) atoms. The van der Waals surface area contributed by atoms with Crippen molar-refractivity contribution in [2.45, 2.75) is 13.5 Å². The fourth-order valence-corrected chi connectivity index (χ4v) is 2.08. The van der Waals surface area contributed by atoms with E-state index < -0.39 is 17.3 Å². The molecule has 1 N–H and O–H groups in total. The van der Waals surface area contributed by atoms with Gasteiger partial charge in [0, 0.05) is 15.6 Å². The monoisotopic (exact) mass is 328 g/mol. The molecule has 0 fully saturated rings. The van der Waals surface area contributed by atoms with Crippen molar-refractivity contribution in [3.05, 3.63) is 62.9 Å². The Kier molecular flexibility index (Phi) is 4.70. The molecule has 2 rings (SSSR count). The number of carbonyl (C=O) groups is 1. The Hall–Kier alpha value is -1.78. The second-order valence-corrected chi connectivity index (χ2v) is 5.24. The van der Waals surface area contributed by atoms with Crippen LogP contribution in [-0.2, 0) is 6.61 Å². The number of halogens is 3.